The maximum Gasteiger partial charge on any atom is 0.261 e. The zero-order valence-electron chi connectivity index (χ0n) is 12.6. The maximum absolute atomic E-state index is 11.9. The Morgan fingerprint density at radius 2 is 2.23 bits per heavy atom. The highest BCUT2D eigenvalue weighted by Crippen LogP contribution is 2.24. The van der Waals surface area contributed by atoms with Gasteiger partial charge in [-0.3, -0.25) is 9.69 Å². The number of nitrogens with zero attached hydrogens (tertiary/aromatic N) is 1. The summed E-state index contributed by atoms with van der Waals surface area (Å²) < 4.78 is 5.95. The molecule has 0 spiro atoms. The maximum atomic E-state index is 11.9. The first-order valence-corrected chi connectivity index (χ1v) is 8.39. The van der Waals surface area contributed by atoms with Crippen LogP contribution in [0, 0.1) is 0 Å². The molecular formula is C17H20N2O2S. The van der Waals surface area contributed by atoms with Gasteiger partial charge < -0.3 is 10.1 Å². The molecule has 0 radical (unpaired) electrons. The number of carbonyl (C=O) groups excluding carboxylic acids is 1. The lowest BCUT2D eigenvalue weighted by molar-refractivity contribution is 0.0948. The van der Waals surface area contributed by atoms with Gasteiger partial charge in [-0.1, -0.05) is 24.3 Å². The van der Waals surface area contributed by atoms with Crippen molar-refractivity contribution in [2.45, 2.75) is 19.6 Å². The Labute approximate surface area is 134 Å². The second-order valence-electron chi connectivity index (χ2n) is 5.50. The predicted octanol–water partition coefficient (Wildman–Crippen LogP) is 2.76. The van der Waals surface area contributed by atoms with Gasteiger partial charge in [-0.15, -0.1) is 11.3 Å². The molecule has 0 saturated heterocycles. The van der Waals surface area contributed by atoms with Gasteiger partial charge in [0.25, 0.3) is 5.91 Å². The van der Waals surface area contributed by atoms with E-state index in [1.807, 2.05) is 35.7 Å². The lowest BCUT2D eigenvalue weighted by Crippen LogP contribution is -2.37. The number of benzene rings is 1. The molecule has 3 rings (SSSR count). The second-order valence-corrected chi connectivity index (χ2v) is 6.45. The van der Waals surface area contributed by atoms with Crippen molar-refractivity contribution in [2.75, 3.05) is 19.6 Å². The van der Waals surface area contributed by atoms with Crippen LogP contribution < -0.4 is 10.1 Å². The highest BCUT2D eigenvalue weighted by Gasteiger charge is 2.19. The number of hydrogen-bond donors (Lipinski definition) is 1. The Kier molecular flexibility index (Phi) is 4.75. The van der Waals surface area contributed by atoms with Gasteiger partial charge in [0.05, 0.1) is 4.88 Å². The fraction of sp³-hybridized carbons (Fsp3) is 0.353. The van der Waals surface area contributed by atoms with E-state index in [0.29, 0.717) is 6.54 Å². The monoisotopic (exact) mass is 316 g/mol. The summed E-state index contributed by atoms with van der Waals surface area (Å²) in [7, 11) is 0. The summed E-state index contributed by atoms with van der Waals surface area (Å²) in [4.78, 5) is 15.0. The zero-order valence-corrected chi connectivity index (χ0v) is 13.4. The first kappa shape index (κ1) is 15.1. The van der Waals surface area contributed by atoms with E-state index in [4.69, 9.17) is 4.74 Å². The first-order valence-electron chi connectivity index (χ1n) is 7.51. The largest absolute Gasteiger partial charge is 0.489 e. The number of fused-ring (bicyclic) bond motifs is 1. The van der Waals surface area contributed by atoms with Crippen molar-refractivity contribution >= 4 is 17.2 Å². The molecular weight excluding hydrogens is 296 g/mol. The molecule has 0 fully saturated rings. The van der Waals surface area contributed by atoms with E-state index in [1.54, 1.807) is 0 Å². The summed E-state index contributed by atoms with van der Waals surface area (Å²) in [6, 6.07) is 11.9. The number of amides is 1. The van der Waals surface area contributed by atoms with Gasteiger partial charge in [-0.2, -0.15) is 0 Å². The molecule has 0 unspecified atom stereocenters. The lowest BCUT2D eigenvalue weighted by atomic mass is 10.2. The second kappa shape index (κ2) is 6.94. The van der Waals surface area contributed by atoms with Crippen LogP contribution in [0.3, 0.4) is 0 Å². The van der Waals surface area contributed by atoms with E-state index in [-0.39, 0.29) is 12.0 Å². The van der Waals surface area contributed by atoms with Crippen molar-refractivity contribution in [1.82, 2.24) is 10.2 Å². The zero-order chi connectivity index (χ0) is 15.4. The first-order chi connectivity index (χ1) is 10.7. The molecule has 2 heterocycles. The van der Waals surface area contributed by atoms with Gasteiger partial charge >= 0.3 is 0 Å². The molecule has 1 aliphatic heterocycles. The molecule has 1 amide bonds. The SMILES string of the molecule is C[C@@H]1CN(CCNC(=O)c2cccs2)Cc2ccccc2O1. The van der Waals surface area contributed by atoms with Gasteiger partial charge in [-0.05, 0) is 24.4 Å². The number of rotatable bonds is 4. The Balaban J connectivity index is 1.55. The summed E-state index contributed by atoms with van der Waals surface area (Å²) in [5.74, 6) is 0.981. The fourth-order valence-corrected chi connectivity index (χ4v) is 3.31. The standard InChI is InChI=1S/C17H20N2O2S/c1-13-11-19(12-14-5-2-3-6-15(14)21-13)9-8-18-17(20)16-7-4-10-22-16/h2-7,10,13H,8-9,11-12H2,1H3,(H,18,20)/t13-/m1/s1. The van der Waals surface area contributed by atoms with Crippen LogP contribution in [0.15, 0.2) is 41.8 Å². The predicted molar refractivity (Wildman–Crippen MR) is 88.5 cm³/mol. The van der Waals surface area contributed by atoms with Crippen LogP contribution in [0.25, 0.3) is 0 Å². The van der Waals surface area contributed by atoms with Crippen LogP contribution >= 0.6 is 11.3 Å². The van der Waals surface area contributed by atoms with Crippen LogP contribution in [0.1, 0.15) is 22.2 Å². The van der Waals surface area contributed by atoms with Gasteiger partial charge in [0.1, 0.15) is 11.9 Å². The summed E-state index contributed by atoms with van der Waals surface area (Å²) in [5, 5.41) is 4.90. The normalized spacial score (nSPS) is 18.1. The average molecular weight is 316 g/mol. The third-order valence-corrected chi connectivity index (χ3v) is 4.54. The molecule has 2 aromatic rings. The molecule has 4 nitrogen and oxygen atoms in total. The highest BCUT2D eigenvalue weighted by atomic mass is 32.1. The summed E-state index contributed by atoms with van der Waals surface area (Å²) in [6.07, 6.45) is 0.150. The van der Waals surface area contributed by atoms with Crippen molar-refractivity contribution in [1.29, 1.82) is 0 Å². The number of ether oxygens (including phenoxy) is 1. The Bertz CT molecular complexity index is 627. The van der Waals surface area contributed by atoms with Crippen LogP contribution in [-0.4, -0.2) is 36.5 Å². The number of carbonyl (C=O) groups is 1. The molecule has 1 aliphatic rings. The van der Waals surface area contributed by atoms with Crippen molar-refractivity contribution < 1.29 is 9.53 Å². The smallest absolute Gasteiger partial charge is 0.261 e. The minimum Gasteiger partial charge on any atom is -0.489 e. The van der Waals surface area contributed by atoms with Gasteiger partial charge in [0.15, 0.2) is 0 Å². The van der Waals surface area contributed by atoms with Crippen LogP contribution in [-0.2, 0) is 6.54 Å². The average Bonchev–Trinajstić information content (AvgIpc) is 2.98. The highest BCUT2D eigenvalue weighted by molar-refractivity contribution is 7.12. The van der Waals surface area contributed by atoms with E-state index in [9.17, 15) is 4.79 Å². The lowest BCUT2D eigenvalue weighted by Gasteiger charge is -2.21. The van der Waals surface area contributed by atoms with Crippen molar-refractivity contribution in [3.8, 4) is 5.75 Å². The molecule has 1 aromatic heterocycles. The Morgan fingerprint density at radius 3 is 3.05 bits per heavy atom. The molecule has 1 atom stereocenters. The van der Waals surface area contributed by atoms with Crippen LogP contribution in [0.5, 0.6) is 5.75 Å². The number of nitrogens with one attached hydrogen (secondary N) is 1. The minimum absolute atomic E-state index is 0.00882. The van der Waals surface area contributed by atoms with Crippen molar-refractivity contribution in [2.24, 2.45) is 0 Å². The van der Waals surface area contributed by atoms with Gasteiger partial charge in [0.2, 0.25) is 0 Å². The summed E-state index contributed by atoms with van der Waals surface area (Å²) in [6.45, 7) is 5.27. The van der Waals surface area contributed by atoms with Crippen LogP contribution in [0.2, 0.25) is 0 Å². The Morgan fingerprint density at radius 1 is 1.36 bits per heavy atom. The van der Waals surface area contributed by atoms with E-state index in [1.165, 1.54) is 16.9 Å². The quantitative estimate of drug-likeness (QED) is 0.943. The third kappa shape index (κ3) is 3.67. The molecule has 0 saturated carbocycles. The Hall–Kier alpha value is -1.85. The van der Waals surface area contributed by atoms with Crippen molar-refractivity contribution in [3.63, 3.8) is 0 Å². The topological polar surface area (TPSA) is 41.6 Å². The number of para-hydroxylation sites is 1. The van der Waals surface area contributed by atoms with Crippen LogP contribution in [0.4, 0.5) is 0 Å². The minimum atomic E-state index is 0.00882. The van der Waals surface area contributed by atoms with E-state index < -0.39 is 0 Å². The number of thiophene rings is 1. The summed E-state index contributed by atoms with van der Waals surface area (Å²) >= 11 is 1.47. The van der Waals surface area contributed by atoms with E-state index >= 15 is 0 Å². The molecule has 0 aliphatic carbocycles. The molecule has 5 heteroatoms. The van der Waals surface area contributed by atoms with E-state index in [0.717, 1.165) is 30.3 Å². The van der Waals surface area contributed by atoms with Gasteiger partial charge in [0, 0.05) is 31.7 Å². The molecule has 0 bridgehead atoms. The van der Waals surface area contributed by atoms with Gasteiger partial charge in [-0.25, -0.2) is 0 Å². The third-order valence-electron chi connectivity index (χ3n) is 3.67. The number of hydrogen-bond acceptors (Lipinski definition) is 4. The van der Waals surface area contributed by atoms with Crippen molar-refractivity contribution in [3.05, 3.63) is 52.2 Å². The van der Waals surface area contributed by atoms with E-state index in [2.05, 4.69) is 23.2 Å². The molecule has 22 heavy (non-hydrogen) atoms. The molecule has 116 valence electrons. The molecule has 1 N–H and O–H groups in total. The molecule has 1 aromatic carbocycles. The fourth-order valence-electron chi connectivity index (χ4n) is 2.67. The summed E-state index contributed by atoms with van der Waals surface area (Å²) in [5.41, 5.74) is 1.21.